The first kappa shape index (κ1) is 10.2. The van der Waals surface area contributed by atoms with Crippen LogP contribution in [-0.4, -0.2) is 16.2 Å². The van der Waals surface area contributed by atoms with Crippen LogP contribution >= 0.6 is 39.0 Å². The molecule has 0 aliphatic rings. The van der Waals surface area contributed by atoms with Gasteiger partial charge in [-0.3, -0.25) is 4.79 Å². The zero-order chi connectivity index (χ0) is 10.3. The fraction of sp³-hybridized carbons (Fsp3) is 0.250. The third-order valence-electron chi connectivity index (χ3n) is 1.89. The van der Waals surface area contributed by atoms with Crippen LogP contribution in [0.4, 0.5) is 0 Å². The summed E-state index contributed by atoms with van der Waals surface area (Å²) < 4.78 is 1.66. The highest BCUT2D eigenvalue weighted by Crippen LogP contribution is 2.31. The summed E-state index contributed by atoms with van der Waals surface area (Å²) in [6.45, 7) is 1.96. The summed E-state index contributed by atoms with van der Waals surface area (Å²) in [6.07, 6.45) is 1.89. The zero-order valence-corrected chi connectivity index (χ0v) is 10.8. The average molecular weight is 291 g/mol. The fourth-order valence-corrected chi connectivity index (χ4v) is 3.07. The van der Waals surface area contributed by atoms with Crippen LogP contribution in [0.15, 0.2) is 13.7 Å². The Bertz CT molecular complexity index is 546. The van der Waals surface area contributed by atoms with Crippen molar-refractivity contribution >= 4 is 49.2 Å². The van der Waals surface area contributed by atoms with Gasteiger partial charge < -0.3 is 4.98 Å². The molecular formula is C8H7BrN2OS2. The van der Waals surface area contributed by atoms with Crippen molar-refractivity contribution in [1.29, 1.82) is 0 Å². The number of aromatic nitrogens is 2. The molecule has 2 aromatic rings. The smallest absolute Gasteiger partial charge is 0.269 e. The Kier molecular flexibility index (Phi) is 2.68. The van der Waals surface area contributed by atoms with Gasteiger partial charge in [0, 0.05) is 5.56 Å². The second-order valence-corrected chi connectivity index (χ2v) is 5.89. The number of hydrogen-bond acceptors (Lipinski definition) is 4. The lowest BCUT2D eigenvalue weighted by atomic mass is 10.3. The molecule has 14 heavy (non-hydrogen) atoms. The van der Waals surface area contributed by atoms with Gasteiger partial charge in [-0.25, -0.2) is 4.98 Å². The van der Waals surface area contributed by atoms with Crippen LogP contribution < -0.4 is 5.56 Å². The van der Waals surface area contributed by atoms with Gasteiger partial charge in [0.15, 0.2) is 5.16 Å². The van der Waals surface area contributed by atoms with E-state index in [2.05, 4.69) is 25.9 Å². The topological polar surface area (TPSA) is 45.8 Å². The maximum Gasteiger partial charge on any atom is 0.269 e. The van der Waals surface area contributed by atoms with Crippen molar-refractivity contribution < 1.29 is 0 Å². The molecule has 0 spiro atoms. The monoisotopic (exact) mass is 290 g/mol. The second kappa shape index (κ2) is 3.67. The van der Waals surface area contributed by atoms with E-state index in [-0.39, 0.29) is 5.56 Å². The summed E-state index contributed by atoms with van der Waals surface area (Å²) >= 11 is 6.27. The Morgan fingerprint density at radius 1 is 1.57 bits per heavy atom. The first-order valence-electron chi connectivity index (χ1n) is 3.86. The summed E-state index contributed by atoms with van der Waals surface area (Å²) in [5.74, 6) is 0. The minimum absolute atomic E-state index is 0.0573. The number of nitrogens with zero attached hydrogens (tertiary/aromatic N) is 1. The SMILES string of the molecule is CSc1nc2c(C)c(Br)sc2c(=O)[nH]1. The molecule has 2 aromatic heterocycles. The molecule has 1 N–H and O–H groups in total. The molecular weight excluding hydrogens is 284 g/mol. The first-order valence-corrected chi connectivity index (χ1v) is 6.70. The minimum atomic E-state index is -0.0573. The van der Waals surface area contributed by atoms with E-state index in [0.29, 0.717) is 9.86 Å². The van der Waals surface area contributed by atoms with Gasteiger partial charge in [-0.05, 0) is 29.1 Å². The third-order valence-corrected chi connectivity index (χ3v) is 4.62. The summed E-state index contributed by atoms with van der Waals surface area (Å²) in [4.78, 5) is 18.7. The molecule has 3 nitrogen and oxygen atoms in total. The number of nitrogens with one attached hydrogen (secondary N) is 1. The van der Waals surface area contributed by atoms with Gasteiger partial charge in [-0.2, -0.15) is 0 Å². The van der Waals surface area contributed by atoms with E-state index in [1.807, 2.05) is 13.2 Å². The Morgan fingerprint density at radius 3 is 2.93 bits per heavy atom. The molecule has 2 rings (SSSR count). The number of aryl methyl sites for hydroxylation is 1. The lowest BCUT2D eigenvalue weighted by Crippen LogP contribution is -2.06. The number of thioether (sulfide) groups is 1. The van der Waals surface area contributed by atoms with Crippen LogP contribution in [0.1, 0.15) is 5.56 Å². The quantitative estimate of drug-likeness (QED) is 0.649. The van der Waals surface area contributed by atoms with Crippen LogP contribution in [-0.2, 0) is 0 Å². The lowest BCUT2D eigenvalue weighted by Gasteiger charge is -1.95. The average Bonchev–Trinajstić information content (AvgIpc) is 2.45. The number of hydrogen-bond donors (Lipinski definition) is 1. The maximum atomic E-state index is 11.6. The standard InChI is InChI=1S/C8H7BrN2OS2/c1-3-4-5(14-6(3)9)7(12)11-8(10-4)13-2/h1-2H3,(H,10,11,12). The summed E-state index contributed by atoms with van der Waals surface area (Å²) in [7, 11) is 0. The normalized spacial score (nSPS) is 11.1. The summed E-state index contributed by atoms with van der Waals surface area (Å²) in [6, 6.07) is 0. The molecule has 6 heteroatoms. The lowest BCUT2D eigenvalue weighted by molar-refractivity contribution is 0.979. The van der Waals surface area contributed by atoms with Crippen LogP contribution in [0.3, 0.4) is 0 Å². The molecule has 0 saturated carbocycles. The van der Waals surface area contributed by atoms with Gasteiger partial charge in [-0.15, -0.1) is 11.3 Å². The van der Waals surface area contributed by atoms with Crippen LogP contribution in [0.2, 0.25) is 0 Å². The molecule has 0 radical (unpaired) electrons. The number of rotatable bonds is 1. The Morgan fingerprint density at radius 2 is 2.29 bits per heavy atom. The third kappa shape index (κ3) is 1.51. The molecule has 0 amide bonds. The van der Waals surface area contributed by atoms with Gasteiger partial charge in [0.1, 0.15) is 4.70 Å². The second-order valence-electron chi connectivity index (χ2n) is 2.75. The van der Waals surface area contributed by atoms with Crippen LogP contribution in [0.25, 0.3) is 10.2 Å². The van der Waals surface area contributed by atoms with Crippen LogP contribution in [0.5, 0.6) is 0 Å². The van der Waals surface area contributed by atoms with Crippen molar-refractivity contribution in [2.24, 2.45) is 0 Å². The maximum absolute atomic E-state index is 11.6. The van der Waals surface area contributed by atoms with E-state index in [4.69, 9.17) is 0 Å². The number of halogens is 1. The zero-order valence-electron chi connectivity index (χ0n) is 7.55. The van der Waals surface area contributed by atoms with Gasteiger partial charge in [0.05, 0.1) is 9.30 Å². The molecule has 0 atom stereocenters. The highest BCUT2D eigenvalue weighted by Gasteiger charge is 2.11. The summed E-state index contributed by atoms with van der Waals surface area (Å²) in [5, 5.41) is 0.663. The Hall–Kier alpha value is -0.330. The fourth-order valence-electron chi connectivity index (χ4n) is 1.15. The largest absolute Gasteiger partial charge is 0.300 e. The van der Waals surface area contributed by atoms with Crippen molar-refractivity contribution in [3.8, 4) is 0 Å². The molecule has 0 saturated heterocycles. The van der Waals surface area contributed by atoms with Gasteiger partial charge in [0.2, 0.25) is 0 Å². The molecule has 0 aromatic carbocycles. The minimum Gasteiger partial charge on any atom is -0.300 e. The van der Waals surface area contributed by atoms with E-state index >= 15 is 0 Å². The van der Waals surface area contributed by atoms with E-state index < -0.39 is 0 Å². The van der Waals surface area contributed by atoms with E-state index in [1.54, 1.807) is 0 Å². The van der Waals surface area contributed by atoms with Gasteiger partial charge in [0.25, 0.3) is 5.56 Å². The van der Waals surface area contributed by atoms with Crippen molar-refractivity contribution in [2.75, 3.05) is 6.26 Å². The first-order chi connectivity index (χ1) is 6.63. The van der Waals surface area contributed by atoms with Gasteiger partial charge in [-0.1, -0.05) is 11.8 Å². The number of aromatic amines is 1. The molecule has 74 valence electrons. The van der Waals surface area contributed by atoms with Crippen LogP contribution in [0, 0.1) is 6.92 Å². The van der Waals surface area contributed by atoms with Crippen molar-refractivity contribution in [2.45, 2.75) is 12.1 Å². The van der Waals surface area contributed by atoms with E-state index in [9.17, 15) is 4.79 Å². The van der Waals surface area contributed by atoms with Crippen molar-refractivity contribution in [3.05, 3.63) is 19.7 Å². The number of thiophene rings is 1. The Labute approximate surface area is 97.1 Å². The molecule has 0 fully saturated rings. The van der Waals surface area contributed by atoms with Crippen molar-refractivity contribution in [3.63, 3.8) is 0 Å². The predicted octanol–water partition coefficient (Wildman–Crippen LogP) is 2.78. The Balaban J connectivity index is 2.91. The highest BCUT2D eigenvalue weighted by atomic mass is 79.9. The van der Waals surface area contributed by atoms with Crippen molar-refractivity contribution in [1.82, 2.24) is 9.97 Å². The number of fused-ring (bicyclic) bond motifs is 1. The molecule has 0 unspecified atom stereocenters. The summed E-state index contributed by atoms with van der Waals surface area (Å²) in [5.41, 5.74) is 1.78. The van der Waals surface area contributed by atoms with E-state index in [1.165, 1.54) is 23.1 Å². The highest BCUT2D eigenvalue weighted by molar-refractivity contribution is 9.11. The molecule has 0 aliphatic carbocycles. The number of H-pyrrole nitrogens is 1. The predicted molar refractivity (Wildman–Crippen MR) is 64.5 cm³/mol. The molecule has 0 bridgehead atoms. The molecule has 2 heterocycles. The van der Waals surface area contributed by atoms with E-state index in [0.717, 1.165) is 14.9 Å². The van der Waals surface area contributed by atoms with Gasteiger partial charge >= 0.3 is 0 Å². The molecule has 0 aliphatic heterocycles.